The number of pyridine rings is 1. The molecule has 5 nitrogen and oxygen atoms in total. The lowest BCUT2D eigenvalue weighted by atomic mass is 9.99. The summed E-state index contributed by atoms with van der Waals surface area (Å²) in [6.45, 7) is 4.41. The van der Waals surface area contributed by atoms with Crippen molar-refractivity contribution in [2.45, 2.75) is 39.2 Å². The molecule has 0 aliphatic heterocycles. The van der Waals surface area contributed by atoms with Gasteiger partial charge in [0.2, 0.25) is 0 Å². The van der Waals surface area contributed by atoms with Gasteiger partial charge in [0.1, 0.15) is 5.75 Å². The molecule has 0 amide bonds. The van der Waals surface area contributed by atoms with E-state index >= 15 is 0 Å². The van der Waals surface area contributed by atoms with Crippen LogP contribution in [0.4, 0.5) is 0 Å². The van der Waals surface area contributed by atoms with Crippen molar-refractivity contribution in [3.05, 3.63) is 98.2 Å². The number of carbonyl (C=O) groups is 1. The molecular formula is C28H29Br2N3O2. The fraction of sp³-hybridized carbons (Fsp3) is 0.286. The van der Waals surface area contributed by atoms with Gasteiger partial charge >= 0.3 is 0 Å². The fourth-order valence-corrected chi connectivity index (χ4v) is 5.40. The molecule has 0 spiro atoms. The first-order valence-electron chi connectivity index (χ1n) is 12.0. The molecule has 2 aromatic heterocycles. The predicted octanol–water partition coefficient (Wildman–Crippen LogP) is 6.99. The topological polar surface area (TPSA) is 55.6 Å². The molecule has 0 fully saturated rings. The van der Waals surface area contributed by atoms with Gasteiger partial charge in [-0.25, -0.2) is 4.52 Å². The quantitative estimate of drug-likeness (QED) is 0.141. The Labute approximate surface area is 223 Å². The Morgan fingerprint density at radius 3 is 2.51 bits per heavy atom. The number of hydrogen-bond acceptors (Lipinski definition) is 4. The average Bonchev–Trinajstić information content (AvgIpc) is 3.24. The molecule has 4 aromatic rings. The minimum Gasteiger partial charge on any atom is -0.491 e. The summed E-state index contributed by atoms with van der Waals surface area (Å²) < 4.78 is 9.33. The number of rotatable bonds is 12. The second kappa shape index (κ2) is 12.5. The molecule has 0 aliphatic rings. The van der Waals surface area contributed by atoms with Crippen LogP contribution in [0, 0.1) is 0 Å². The van der Waals surface area contributed by atoms with E-state index in [1.807, 2.05) is 54.7 Å². The lowest BCUT2D eigenvalue weighted by Crippen LogP contribution is -2.17. The summed E-state index contributed by atoms with van der Waals surface area (Å²) in [6, 6.07) is 19.8. The van der Waals surface area contributed by atoms with E-state index in [1.165, 1.54) is 5.56 Å². The maximum absolute atomic E-state index is 13.6. The van der Waals surface area contributed by atoms with Crippen LogP contribution >= 0.6 is 31.9 Å². The van der Waals surface area contributed by atoms with Gasteiger partial charge in [-0.05, 0) is 87.5 Å². The van der Waals surface area contributed by atoms with Crippen LogP contribution in [0.3, 0.4) is 0 Å². The number of halogens is 2. The lowest BCUT2D eigenvalue weighted by Gasteiger charge is -2.13. The first-order chi connectivity index (χ1) is 17.1. The van der Waals surface area contributed by atoms with Crippen molar-refractivity contribution in [1.29, 1.82) is 0 Å². The molecule has 4 rings (SSSR count). The summed E-state index contributed by atoms with van der Waals surface area (Å²) in [4.78, 5) is 13.6. The molecule has 1 N–H and O–H groups in total. The van der Waals surface area contributed by atoms with Crippen LogP contribution in [0.1, 0.15) is 53.4 Å². The summed E-state index contributed by atoms with van der Waals surface area (Å²) in [5, 5.41) is 8.12. The van der Waals surface area contributed by atoms with Crippen LogP contribution in [0.25, 0.3) is 5.52 Å². The molecule has 182 valence electrons. The smallest absolute Gasteiger partial charge is 0.197 e. The molecular weight excluding hydrogens is 570 g/mol. The van der Waals surface area contributed by atoms with Crippen LogP contribution in [0.5, 0.6) is 5.75 Å². The van der Waals surface area contributed by atoms with Crippen molar-refractivity contribution >= 4 is 43.2 Å². The van der Waals surface area contributed by atoms with Crippen LogP contribution in [0.2, 0.25) is 0 Å². The van der Waals surface area contributed by atoms with Gasteiger partial charge in [0.15, 0.2) is 5.78 Å². The largest absolute Gasteiger partial charge is 0.491 e. The van der Waals surface area contributed by atoms with E-state index in [1.54, 1.807) is 4.52 Å². The molecule has 0 atom stereocenters. The van der Waals surface area contributed by atoms with E-state index < -0.39 is 0 Å². The van der Waals surface area contributed by atoms with Crippen molar-refractivity contribution in [3.63, 3.8) is 0 Å². The molecule has 0 aliphatic carbocycles. The molecule has 0 unspecified atom stereocenters. The van der Waals surface area contributed by atoms with Gasteiger partial charge in [-0.1, -0.05) is 49.7 Å². The monoisotopic (exact) mass is 597 g/mol. The molecule has 0 radical (unpaired) electrons. The van der Waals surface area contributed by atoms with Gasteiger partial charge in [0.05, 0.1) is 32.3 Å². The molecule has 0 bridgehead atoms. The number of benzene rings is 2. The molecule has 2 aromatic carbocycles. The highest BCUT2D eigenvalue weighted by Gasteiger charge is 2.22. The van der Waals surface area contributed by atoms with Gasteiger partial charge in [0, 0.05) is 18.3 Å². The fourth-order valence-electron chi connectivity index (χ4n) is 3.99. The van der Waals surface area contributed by atoms with Gasteiger partial charge in [-0.2, -0.15) is 5.10 Å². The number of fused-ring (bicyclic) bond motifs is 1. The van der Waals surface area contributed by atoms with Gasteiger partial charge < -0.3 is 10.1 Å². The summed E-state index contributed by atoms with van der Waals surface area (Å²) in [5.41, 5.74) is 4.22. The zero-order chi connectivity index (χ0) is 24.6. The number of nitrogens with one attached hydrogen (secondary N) is 1. The van der Waals surface area contributed by atoms with Crippen molar-refractivity contribution < 1.29 is 9.53 Å². The van der Waals surface area contributed by atoms with Crippen molar-refractivity contribution in [2.75, 3.05) is 13.2 Å². The Balaban J connectivity index is 1.42. The maximum Gasteiger partial charge on any atom is 0.197 e. The number of aromatic nitrogens is 2. The van der Waals surface area contributed by atoms with Gasteiger partial charge in [-0.3, -0.25) is 4.79 Å². The van der Waals surface area contributed by atoms with E-state index in [4.69, 9.17) is 4.74 Å². The minimum absolute atomic E-state index is 0.0321. The number of nitrogens with zero attached hydrogens (tertiary/aromatic N) is 2. The highest BCUT2D eigenvalue weighted by atomic mass is 79.9. The second-order valence-electron chi connectivity index (χ2n) is 8.42. The Kier molecular flexibility index (Phi) is 9.12. The number of ether oxygens (including phenoxy) is 1. The Morgan fingerprint density at radius 2 is 1.77 bits per heavy atom. The number of ketones is 1. The highest BCUT2D eigenvalue weighted by Crippen LogP contribution is 2.36. The zero-order valence-electron chi connectivity index (χ0n) is 19.8. The normalized spacial score (nSPS) is 11.2. The average molecular weight is 599 g/mol. The second-order valence-corrected chi connectivity index (χ2v) is 10.1. The molecule has 2 heterocycles. The number of hydrogen-bond donors (Lipinski definition) is 1. The highest BCUT2D eigenvalue weighted by molar-refractivity contribution is 9.11. The SMILES string of the molecule is CCCCc1nn2ccccc2c1C(=O)c1cc(Br)c(OCCCNCc2ccccc2)c(Br)c1. The first kappa shape index (κ1) is 25.6. The van der Waals surface area contributed by atoms with Crippen LogP contribution in [-0.2, 0) is 13.0 Å². The Morgan fingerprint density at radius 1 is 1.03 bits per heavy atom. The van der Waals surface area contributed by atoms with Crippen molar-refractivity contribution in [1.82, 2.24) is 14.9 Å². The van der Waals surface area contributed by atoms with Crippen LogP contribution in [-0.4, -0.2) is 28.5 Å². The summed E-state index contributed by atoms with van der Waals surface area (Å²) in [7, 11) is 0. The van der Waals surface area contributed by atoms with E-state index in [0.717, 1.165) is 58.9 Å². The molecule has 7 heteroatoms. The number of unbranched alkanes of at least 4 members (excludes halogenated alkanes) is 1. The van der Waals surface area contributed by atoms with E-state index in [-0.39, 0.29) is 5.78 Å². The maximum atomic E-state index is 13.6. The molecule has 0 saturated carbocycles. The van der Waals surface area contributed by atoms with Gasteiger partial charge in [-0.15, -0.1) is 0 Å². The standard InChI is InChI=1S/C28H29Br2N3O2/c1-2-3-12-24-26(25-13-7-8-15-33(25)32-24)27(34)21-17-22(29)28(23(30)18-21)35-16-9-14-31-19-20-10-5-4-6-11-20/h4-8,10-11,13,15,17-18,31H,2-3,9,12,14,16,19H2,1H3. The van der Waals surface area contributed by atoms with Crippen molar-refractivity contribution in [3.8, 4) is 5.75 Å². The predicted molar refractivity (Wildman–Crippen MR) is 147 cm³/mol. The number of aryl methyl sites for hydroxylation is 1. The van der Waals surface area contributed by atoms with E-state index in [9.17, 15) is 4.79 Å². The minimum atomic E-state index is -0.0321. The summed E-state index contributed by atoms with van der Waals surface area (Å²) >= 11 is 7.22. The lowest BCUT2D eigenvalue weighted by molar-refractivity contribution is 0.103. The summed E-state index contributed by atoms with van der Waals surface area (Å²) in [5.74, 6) is 0.672. The third-order valence-electron chi connectivity index (χ3n) is 5.78. The third-order valence-corrected chi connectivity index (χ3v) is 6.96. The third kappa shape index (κ3) is 6.40. The van der Waals surface area contributed by atoms with E-state index in [0.29, 0.717) is 23.5 Å². The zero-order valence-corrected chi connectivity index (χ0v) is 22.9. The van der Waals surface area contributed by atoms with Crippen LogP contribution in [0.15, 0.2) is 75.8 Å². The Hall–Kier alpha value is -2.48. The number of carbonyl (C=O) groups excluding carboxylic acids is 1. The first-order valence-corrected chi connectivity index (χ1v) is 13.5. The van der Waals surface area contributed by atoms with E-state index in [2.05, 4.69) is 61.3 Å². The summed E-state index contributed by atoms with van der Waals surface area (Å²) in [6.07, 6.45) is 5.58. The molecule has 35 heavy (non-hydrogen) atoms. The van der Waals surface area contributed by atoms with Crippen LogP contribution < -0.4 is 10.1 Å². The van der Waals surface area contributed by atoms with Crippen molar-refractivity contribution in [2.24, 2.45) is 0 Å². The van der Waals surface area contributed by atoms with Gasteiger partial charge in [0.25, 0.3) is 0 Å². The Bertz CT molecular complexity index is 1270. The molecule has 0 saturated heterocycles.